The molecule has 1 aromatic carbocycles. The van der Waals surface area contributed by atoms with Crippen molar-refractivity contribution in [3.05, 3.63) is 29.8 Å². The quantitative estimate of drug-likeness (QED) is 0.783. The first-order chi connectivity index (χ1) is 10.6. The number of rotatable bonds is 7. The van der Waals surface area contributed by atoms with Crippen LogP contribution in [0.15, 0.2) is 29.2 Å². The van der Waals surface area contributed by atoms with Gasteiger partial charge in [-0.2, -0.15) is 8.78 Å². The van der Waals surface area contributed by atoms with E-state index < -0.39 is 38.4 Å². The van der Waals surface area contributed by atoms with Gasteiger partial charge >= 0.3 is 11.7 Å². The summed E-state index contributed by atoms with van der Waals surface area (Å²) in [6.45, 7) is 3.60. The molecule has 0 spiro atoms. The van der Waals surface area contributed by atoms with Crippen molar-refractivity contribution in [1.82, 2.24) is 5.32 Å². The standard InChI is InChI=1S/C14H17F2NO5S/c1-8(2)7-11(13(19)20)17-12(18)9-3-5-10(6-4-9)23(21,22)14(15)16/h3-6,8,11,14H,7H2,1-2H3,(H,17,18)(H,19,20). The van der Waals surface area contributed by atoms with Crippen LogP contribution in [0.2, 0.25) is 0 Å². The molecule has 9 heteroatoms. The first kappa shape index (κ1) is 19.0. The molecule has 0 fully saturated rings. The maximum atomic E-state index is 12.4. The van der Waals surface area contributed by atoms with E-state index in [4.69, 9.17) is 5.11 Å². The molecule has 0 radical (unpaired) electrons. The smallest absolute Gasteiger partial charge is 0.341 e. The molecule has 2 N–H and O–H groups in total. The number of benzene rings is 1. The van der Waals surface area contributed by atoms with Gasteiger partial charge in [-0.15, -0.1) is 0 Å². The molecule has 0 saturated carbocycles. The van der Waals surface area contributed by atoms with Gasteiger partial charge in [-0.25, -0.2) is 13.2 Å². The summed E-state index contributed by atoms with van der Waals surface area (Å²) >= 11 is 0. The molecule has 0 heterocycles. The van der Waals surface area contributed by atoms with Crippen molar-refractivity contribution in [2.75, 3.05) is 0 Å². The molecule has 1 amide bonds. The van der Waals surface area contributed by atoms with Gasteiger partial charge in [0, 0.05) is 5.56 Å². The van der Waals surface area contributed by atoms with E-state index in [1.807, 2.05) is 0 Å². The van der Waals surface area contributed by atoms with Crippen molar-refractivity contribution < 1.29 is 31.9 Å². The number of nitrogens with one attached hydrogen (secondary N) is 1. The molecule has 1 rings (SSSR count). The zero-order valence-electron chi connectivity index (χ0n) is 12.5. The minimum absolute atomic E-state index is 0.0202. The summed E-state index contributed by atoms with van der Waals surface area (Å²) in [5, 5.41) is 11.4. The Labute approximate surface area is 132 Å². The maximum absolute atomic E-state index is 12.4. The van der Waals surface area contributed by atoms with Gasteiger partial charge in [-0.05, 0) is 36.6 Å². The summed E-state index contributed by atoms with van der Waals surface area (Å²) in [6, 6.07) is 2.79. The zero-order chi connectivity index (χ0) is 17.8. The number of alkyl halides is 2. The van der Waals surface area contributed by atoms with Gasteiger partial charge < -0.3 is 10.4 Å². The molecule has 0 aliphatic heterocycles. The molecule has 0 aliphatic carbocycles. The van der Waals surface area contributed by atoms with E-state index in [2.05, 4.69) is 5.32 Å². The summed E-state index contributed by atoms with van der Waals surface area (Å²) in [5.74, 6) is -5.43. The second-order valence-corrected chi connectivity index (χ2v) is 7.24. The highest BCUT2D eigenvalue weighted by molar-refractivity contribution is 7.91. The second-order valence-electron chi connectivity index (χ2n) is 5.32. The Balaban J connectivity index is 2.91. The molecule has 0 aromatic heterocycles. The molecule has 1 unspecified atom stereocenters. The van der Waals surface area contributed by atoms with Crippen LogP contribution in [0.3, 0.4) is 0 Å². The number of halogens is 2. The van der Waals surface area contributed by atoms with Gasteiger partial charge in [0.05, 0.1) is 4.90 Å². The minimum Gasteiger partial charge on any atom is -0.480 e. The van der Waals surface area contributed by atoms with Crippen molar-refractivity contribution in [3.8, 4) is 0 Å². The van der Waals surface area contributed by atoms with Crippen molar-refractivity contribution in [1.29, 1.82) is 0 Å². The average Bonchev–Trinajstić information content (AvgIpc) is 2.45. The Bertz CT molecular complexity index is 671. The van der Waals surface area contributed by atoms with Crippen LogP contribution in [-0.2, 0) is 14.6 Å². The van der Waals surface area contributed by atoms with Crippen LogP contribution >= 0.6 is 0 Å². The van der Waals surface area contributed by atoms with E-state index >= 15 is 0 Å². The van der Waals surface area contributed by atoms with Crippen molar-refractivity contribution >= 4 is 21.7 Å². The Morgan fingerprint density at radius 3 is 2.09 bits per heavy atom. The Kier molecular flexibility index (Phi) is 6.20. The monoisotopic (exact) mass is 349 g/mol. The van der Waals surface area contributed by atoms with Gasteiger partial charge in [-0.1, -0.05) is 13.8 Å². The van der Waals surface area contributed by atoms with Crippen LogP contribution in [0.4, 0.5) is 8.78 Å². The predicted octanol–water partition coefficient (Wildman–Crippen LogP) is 1.91. The number of carboxylic acid groups (broad SMARTS) is 1. The highest BCUT2D eigenvalue weighted by Crippen LogP contribution is 2.18. The van der Waals surface area contributed by atoms with Crippen LogP contribution in [0.25, 0.3) is 0 Å². The fourth-order valence-electron chi connectivity index (χ4n) is 1.83. The van der Waals surface area contributed by atoms with E-state index in [1.165, 1.54) is 0 Å². The Morgan fingerprint density at radius 1 is 1.17 bits per heavy atom. The van der Waals surface area contributed by atoms with Crippen molar-refractivity contribution in [2.45, 2.75) is 37.0 Å². The lowest BCUT2D eigenvalue weighted by molar-refractivity contribution is -0.139. The van der Waals surface area contributed by atoms with E-state index in [0.29, 0.717) is 0 Å². The maximum Gasteiger partial charge on any atom is 0.341 e. The lowest BCUT2D eigenvalue weighted by Gasteiger charge is -2.16. The molecule has 1 aromatic rings. The SMILES string of the molecule is CC(C)CC(NC(=O)c1ccc(S(=O)(=O)C(F)F)cc1)C(=O)O. The van der Waals surface area contributed by atoms with Crippen molar-refractivity contribution in [3.63, 3.8) is 0 Å². The average molecular weight is 349 g/mol. The number of carbonyl (C=O) groups is 2. The fraction of sp³-hybridized carbons (Fsp3) is 0.429. The molecule has 128 valence electrons. The molecule has 6 nitrogen and oxygen atoms in total. The summed E-state index contributed by atoms with van der Waals surface area (Å²) in [6.07, 6.45) is 0.221. The summed E-state index contributed by atoms with van der Waals surface area (Å²) in [4.78, 5) is 22.4. The molecule has 0 bridgehead atoms. The van der Waals surface area contributed by atoms with Crippen LogP contribution in [0.5, 0.6) is 0 Å². The van der Waals surface area contributed by atoms with Crippen LogP contribution < -0.4 is 5.32 Å². The third kappa shape index (κ3) is 4.98. The summed E-state index contributed by atoms with van der Waals surface area (Å²) < 4.78 is 47.4. The van der Waals surface area contributed by atoms with Crippen LogP contribution in [0, 0.1) is 5.92 Å². The molecule has 0 aliphatic rings. The lowest BCUT2D eigenvalue weighted by atomic mass is 10.0. The Hall–Kier alpha value is -2.03. The molecule has 0 saturated heterocycles. The minimum atomic E-state index is -4.73. The number of amides is 1. The second kappa shape index (κ2) is 7.49. The van der Waals surface area contributed by atoms with E-state index in [-0.39, 0.29) is 17.9 Å². The Morgan fingerprint density at radius 2 is 1.70 bits per heavy atom. The molecular weight excluding hydrogens is 332 g/mol. The third-order valence-electron chi connectivity index (χ3n) is 2.99. The van der Waals surface area contributed by atoms with Gasteiger partial charge in [0.15, 0.2) is 0 Å². The van der Waals surface area contributed by atoms with Crippen LogP contribution in [-0.4, -0.2) is 37.2 Å². The first-order valence-electron chi connectivity index (χ1n) is 6.71. The number of carbonyl (C=O) groups excluding carboxylic acids is 1. The van der Waals surface area contributed by atoms with Gasteiger partial charge in [0.2, 0.25) is 9.84 Å². The molecule has 23 heavy (non-hydrogen) atoms. The van der Waals surface area contributed by atoms with Crippen molar-refractivity contribution in [2.24, 2.45) is 5.92 Å². The number of hydrogen-bond donors (Lipinski definition) is 2. The molecule has 1 atom stereocenters. The highest BCUT2D eigenvalue weighted by atomic mass is 32.2. The summed E-state index contributed by atoms with van der Waals surface area (Å²) in [7, 11) is -4.73. The van der Waals surface area contributed by atoms with Gasteiger partial charge in [0.25, 0.3) is 5.91 Å². The number of aliphatic carboxylic acids is 1. The highest BCUT2D eigenvalue weighted by Gasteiger charge is 2.27. The number of sulfone groups is 1. The van der Waals surface area contributed by atoms with E-state index in [1.54, 1.807) is 13.8 Å². The third-order valence-corrected chi connectivity index (χ3v) is 4.39. The predicted molar refractivity (Wildman–Crippen MR) is 78.0 cm³/mol. The van der Waals surface area contributed by atoms with Crippen LogP contribution in [0.1, 0.15) is 30.6 Å². The van der Waals surface area contributed by atoms with Gasteiger partial charge in [0.1, 0.15) is 6.04 Å². The number of carboxylic acids is 1. The first-order valence-corrected chi connectivity index (χ1v) is 8.26. The van der Waals surface area contributed by atoms with Gasteiger partial charge in [-0.3, -0.25) is 4.79 Å². The normalized spacial score (nSPS) is 13.1. The van der Waals surface area contributed by atoms with E-state index in [0.717, 1.165) is 24.3 Å². The molecular formula is C14H17F2NO5S. The summed E-state index contributed by atoms with van der Waals surface area (Å²) in [5.41, 5.74) is -0.0202. The van der Waals surface area contributed by atoms with E-state index in [9.17, 15) is 26.8 Å². The fourth-order valence-corrected chi connectivity index (χ4v) is 2.55. The topological polar surface area (TPSA) is 101 Å². The lowest BCUT2D eigenvalue weighted by Crippen LogP contribution is -2.41. The largest absolute Gasteiger partial charge is 0.480 e. The number of hydrogen-bond acceptors (Lipinski definition) is 4. The zero-order valence-corrected chi connectivity index (χ0v) is 13.3.